The third-order valence-corrected chi connectivity index (χ3v) is 2.41. The zero-order chi connectivity index (χ0) is 8.32. The van der Waals surface area contributed by atoms with Gasteiger partial charge < -0.3 is 0 Å². The van der Waals surface area contributed by atoms with Crippen molar-refractivity contribution in [1.29, 1.82) is 0 Å². The van der Waals surface area contributed by atoms with E-state index in [1.165, 1.54) is 31.6 Å². The molecule has 0 aromatic heterocycles. The lowest BCUT2D eigenvalue weighted by molar-refractivity contribution is -0.793. The fourth-order valence-electron chi connectivity index (χ4n) is 1.47. The average Bonchev–Trinajstić information content (AvgIpc) is 2.25. The minimum absolute atomic E-state index is 1.03. The number of rotatable bonds is 3. The van der Waals surface area contributed by atoms with Crippen LogP contribution in [0.25, 0.3) is 0 Å². The van der Waals surface area contributed by atoms with Crippen LogP contribution in [0.1, 0.15) is 26.2 Å². The van der Waals surface area contributed by atoms with Crippen molar-refractivity contribution < 1.29 is 4.48 Å². The van der Waals surface area contributed by atoms with Crippen molar-refractivity contribution in [1.82, 2.24) is 0 Å². The zero-order valence-corrected chi connectivity index (χ0v) is 7.93. The number of amidine groups is 1. The third-order valence-electron chi connectivity index (χ3n) is 2.41. The molecule has 0 saturated carbocycles. The minimum Gasteiger partial charge on any atom is -0.282 e. The Morgan fingerprint density at radius 1 is 1.45 bits per heavy atom. The largest absolute Gasteiger partial charge is 0.282 e. The lowest BCUT2D eigenvalue weighted by Crippen LogP contribution is -2.42. The fourth-order valence-corrected chi connectivity index (χ4v) is 1.47. The lowest BCUT2D eigenvalue weighted by atomic mass is 10.2. The summed E-state index contributed by atoms with van der Waals surface area (Å²) in [6, 6.07) is 0. The molecule has 0 radical (unpaired) electrons. The molecular formula is C9H19N2+. The van der Waals surface area contributed by atoms with E-state index in [-0.39, 0.29) is 0 Å². The second-order valence-corrected chi connectivity index (χ2v) is 3.81. The van der Waals surface area contributed by atoms with Crippen molar-refractivity contribution in [3.05, 3.63) is 0 Å². The Morgan fingerprint density at radius 2 is 2.18 bits per heavy atom. The number of hydrogen-bond donors (Lipinski definition) is 0. The highest BCUT2D eigenvalue weighted by atomic mass is 15.4. The predicted molar refractivity (Wildman–Crippen MR) is 48.8 cm³/mol. The van der Waals surface area contributed by atoms with E-state index in [0.29, 0.717) is 0 Å². The number of hydrogen-bond acceptors (Lipinski definition) is 1. The van der Waals surface area contributed by atoms with Crippen molar-refractivity contribution in [3.8, 4) is 0 Å². The maximum Gasteiger partial charge on any atom is 0.197 e. The maximum atomic E-state index is 4.51. The van der Waals surface area contributed by atoms with Crippen molar-refractivity contribution in [3.63, 3.8) is 0 Å². The van der Waals surface area contributed by atoms with Gasteiger partial charge in [0.15, 0.2) is 5.84 Å². The van der Waals surface area contributed by atoms with E-state index >= 15 is 0 Å². The second-order valence-electron chi connectivity index (χ2n) is 3.81. The van der Waals surface area contributed by atoms with Crippen LogP contribution >= 0.6 is 0 Å². The van der Waals surface area contributed by atoms with Crippen LogP contribution in [-0.4, -0.2) is 37.5 Å². The Kier molecular flexibility index (Phi) is 2.66. The summed E-state index contributed by atoms with van der Waals surface area (Å²) in [5, 5.41) is 0. The van der Waals surface area contributed by atoms with Gasteiger partial charge in [-0.2, -0.15) is 0 Å². The molecular weight excluding hydrogens is 136 g/mol. The van der Waals surface area contributed by atoms with Crippen LogP contribution in [0, 0.1) is 0 Å². The zero-order valence-electron chi connectivity index (χ0n) is 7.93. The van der Waals surface area contributed by atoms with Gasteiger partial charge >= 0.3 is 0 Å². The first kappa shape index (κ1) is 8.72. The van der Waals surface area contributed by atoms with Crippen molar-refractivity contribution in [2.75, 3.05) is 27.2 Å². The summed E-state index contributed by atoms with van der Waals surface area (Å²) in [5.41, 5.74) is 0. The van der Waals surface area contributed by atoms with Crippen molar-refractivity contribution in [2.24, 2.45) is 4.99 Å². The lowest BCUT2D eigenvalue weighted by Gasteiger charge is -2.24. The highest BCUT2D eigenvalue weighted by Crippen LogP contribution is 2.12. The van der Waals surface area contributed by atoms with Crippen molar-refractivity contribution in [2.45, 2.75) is 26.2 Å². The van der Waals surface area contributed by atoms with Crippen molar-refractivity contribution >= 4 is 5.84 Å². The molecule has 64 valence electrons. The summed E-state index contributed by atoms with van der Waals surface area (Å²) in [6.45, 7) is 4.46. The van der Waals surface area contributed by atoms with E-state index in [4.69, 9.17) is 0 Å². The smallest absolute Gasteiger partial charge is 0.197 e. The monoisotopic (exact) mass is 155 g/mol. The molecule has 0 saturated heterocycles. The van der Waals surface area contributed by atoms with Crippen LogP contribution in [0.4, 0.5) is 0 Å². The maximum absolute atomic E-state index is 4.51. The van der Waals surface area contributed by atoms with Crippen LogP contribution in [0.15, 0.2) is 4.99 Å². The Balaban J connectivity index is 2.44. The molecule has 0 aliphatic carbocycles. The fraction of sp³-hybridized carbons (Fsp3) is 0.889. The first-order chi connectivity index (χ1) is 5.17. The molecule has 0 aromatic carbocycles. The molecule has 2 nitrogen and oxygen atoms in total. The average molecular weight is 155 g/mol. The van der Waals surface area contributed by atoms with E-state index in [1.807, 2.05) is 0 Å². The first-order valence-corrected chi connectivity index (χ1v) is 4.53. The molecule has 1 rings (SSSR count). The normalized spacial score (nSPS) is 21.9. The van der Waals surface area contributed by atoms with E-state index < -0.39 is 0 Å². The van der Waals surface area contributed by atoms with E-state index in [0.717, 1.165) is 11.0 Å². The van der Waals surface area contributed by atoms with E-state index in [9.17, 15) is 0 Å². The SMILES string of the molecule is CCCCC1=NCC[N+]1(C)C. The summed E-state index contributed by atoms with van der Waals surface area (Å²) in [7, 11) is 4.50. The van der Waals surface area contributed by atoms with Gasteiger partial charge in [0.05, 0.1) is 20.6 Å². The van der Waals surface area contributed by atoms with Gasteiger partial charge in [-0.15, -0.1) is 0 Å². The van der Waals surface area contributed by atoms with Gasteiger partial charge in [-0.3, -0.25) is 4.48 Å². The molecule has 0 aromatic rings. The molecule has 0 unspecified atom stereocenters. The molecule has 0 fully saturated rings. The highest BCUT2D eigenvalue weighted by Gasteiger charge is 2.27. The van der Waals surface area contributed by atoms with E-state index in [2.05, 4.69) is 26.0 Å². The number of likely N-dealkylation sites (N-methyl/N-ethyl adjacent to an activating group) is 1. The second kappa shape index (κ2) is 3.35. The van der Waals surface area contributed by atoms with Gasteiger partial charge in [0.2, 0.25) is 0 Å². The number of nitrogens with zero attached hydrogens (tertiary/aromatic N) is 2. The number of aliphatic imine (C=N–C) groups is 1. The summed E-state index contributed by atoms with van der Waals surface area (Å²) >= 11 is 0. The summed E-state index contributed by atoms with van der Waals surface area (Å²) in [4.78, 5) is 4.51. The Hall–Kier alpha value is -0.370. The molecule has 1 heterocycles. The van der Waals surface area contributed by atoms with Crippen LogP contribution < -0.4 is 0 Å². The molecule has 0 atom stereocenters. The van der Waals surface area contributed by atoms with Gasteiger partial charge in [0.25, 0.3) is 0 Å². The molecule has 0 amide bonds. The summed E-state index contributed by atoms with van der Waals surface area (Å²) in [5.74, 6) is 1.40. The Labute approximate surface area is 69.5 Å². The van der Waals surface area contributed by atoms with Crippen LogP contribution in [0.5, 0.6) is 0 Å². The topological polar surface area (TPSA) is 12.4 Å². The molecule has 0 bridgehead atoms. The molecule has 0 spiro atoms. The number of quaternary nitrogens is 1. The summed E-state index contributed by atoms with van der Waals surface area (Å²) < 4.78 is 1.03. The molecule has 1 aliphatic heterocycles. The van der Waals surface area contributed by atoms with Gasteiger partial charge in [-0.05, 0) is 6.42 Å². The van der Waals surface area contributed by atoms with Crippen LogP contribution in [0.2, 0.25) is 0 Å². The van der Waals surface area contributed by atoms with E-state index in [1.54, 1.807) is 0 Å². The predicted octanol–water partition coefficient (Wildman–Crippen LogP) is 1.67. The Bertz CT molecular complexity index is 159. The van der Waals surface area contributed by atoms with Gasteiger partial charge in [0.1, 0.15) is 6.54 Å². The Morgan fingerprint density at radius 3 is 2.64 bits per heavy atom. The quantitative estimate of drug-likeness (QED) is 0.550. The molecule has 0 N–H and O–H groups in total. The molecule has 2 heteroatoms. The molecule has 1 aliphatic rings. The highest BCUT2D eigenvalue weighted by molar-refractivity contribution is 5.76. The standard InChI is InChI=1S/C9H19N2/c1-4-5-6-9-10-7-8-11(9,2)3/h4-8H2,1-3H3/q+1. The summed E-state index contributed by atoms with van der Waals surface area (Å²) in [6.07, 6.45) is 3.77. The van der Waals surface area contributed by atoms with Crippen LogP contribution in [0.3, 0.4) is 0 Å². The first-order valence-electron chi connectivity index (χ1n) is 4.53. The van der Waals surface area contributed by atoms with Gasteiger partial charge in [-0.25, -0.2) is 4.99 Å². The van der Waals surface area contributed by atoms with Crippen LogP contribution in [-0.2, 0) is 0 Å². The number of unbranched alkanes of at least 4 members (excludes halogenated alkanes) is 1. The van der Waals surface area contributed by atoms with Gasteiger partial charge in [0, 0.05) is 6.42 Å². The minimum atomic E-state index is 1.03. The van der Waals surface area contributed by atoms with Gasteiger partial charge in [-0.1, -0.05) is 13.3 Å². The third kappa shape index (κ3) is 2.03. The molecule has 11 heavy (non-hydrogen) atoms.